The van der Waals surface area contributed by atoms with Crippen LogP contribution in [0.25, 0.3) is 0 Å². The van der Waals surface area contributed by atoms with Crippen molar-refractivity contribution >= 4 is 12.9 Å². The molecule has 1 heterocycles. The molecule has 0 radical (unpaired) electrons. The van der Waals surface area contributed by atoms with Gasteiger partial charge < -0.3 is 44.6 Å². The highest BCUT2D eigenvalue weighted by Crippen LogP contribution is 2.66. The van der Waals surface area contributed by atoms with E-state index in [0.29, 0.717) is 31.1 Å². The summed E-state index contributed by atoms with van der Waals surface area (Å²) in [7, 11) is -0.451. The molecule has 1 saturated heterocycles. The molecule has 0 amide bonds. The third kappa shape index (κ3) is 7.65. The first-order chi connectivity index (χ1) is 17.3. The number of alkyl halides is 3. The Morgan fingerprint density at radius 3 is 2.38 bits per heavy atom. The molecule has 3 N–H and O–H groups in total. The molecule has 3 aliphatic carbocycles. The molecule has 4 fully saturated rings. The quantitative estimate of drug-likeness (QED) is 0.268. The lowest BCUT2D eigenvalue weighted by Gasteiger charge is -2.64. The summed E-state index contributed by atoms with van der Waals surface area (Å²) >= 11 is 0. The number of rotatable bonds is 12. The Labute approximate surface area is 243 Å². The summed E-state index contributed by atoms with van der Waals surface area (Å²) in [6.45, 7) is 8.94. The summed E-state index contributed by atoms with van der Waals surface area (Å²) < 4.78 is 55.0. The van der Waals surface area contributed by atoms with Gasteiger partial charge in [0.15, 0.2) is 5.78 Å². The van der Waals surface area contributed by atoms with Gasteiger partial charge in [-0.05, 0) is 79.8 Å². The zero-order chi connectivity index (χ0) is 27.0. The van der Waals surface area contributed by atoms with Crippen LogP contribution in [0.3, 0.4) is 0 Å². The first kappa shape index (κ1) is 34.2. The van der Waals surface area contributed by atoms with Crippen molar-refractivity contribution in [3.05, 3.63) is 29.8 Å². The molecule has 3 unspecified atom stereocenters. The van der Waals surface area contributed by atoms with Crippen LogP contribution in [-0.4, -0.2) is 37.0 Å². The molecular weight excluding hydrogens is 553 g/mol. The second kappa shape index (κ2) is 13.3. The van der Waals surface area contributed by atoms with Crippen LogP contribution in [-0.2, 0) is 20.5 Å². The predicted molar refractivity (Wildman–Crippen MR) is 136 cm³/mol. The lowest BCUT2D eigenvalue weighted by atomic mass is 9.43. The number of Topliss-reactive ketones (excluding diaryl/α,β-unsaturated/α-hetero) is 1. The molecular formula is C28H42BCl2F3NO4-. The van der Waals surface area contributed by atoms with Crippen molar-refractivity contribution in [1.29, 1.82) is 0 Å². The first-order valence-corrected chi connectivity index (χ1v) is 13.9. The van der Waals surface area contributed by atoms with Gasteiger partial charge in [0.05, 0.1) is 11.7 Å². The molecule has 1 aromatic carbocycles. The highest BCUT2D eigenvalue weighted by atomic mass is 35.5. The molecule has 2 bridgehead atoms. The van der Waals surface area contributed by atoms with E-state index in [1.165, 1.54) is 12.1 Å². The Kier molecular flexibility index (Phi) is 11.7. The van der Waals surface area contributed by atoms with E-state index in [1.807, 2.05) is 0 Å². The second-order valence-corrected chi connectivity index (χ2v) is 12.2. The number of unbranched alkanes of at least 4 members (excludes halogenated alkanes) is 2. The molecule has 1 aliphatic heterocycles. The summed E-state index contributed by atoms with van der Waals surface area (Å²) in [4.78, 5) is 12.9. The summed E-state index contributed by atoms with van der Waals surface area (Å²) in [5.41, 5.74) is 4.82. The fourth-order valence-corrected chi connectivity index (χ4v) is 6.90. The first-order valence-electron chi connectivity index (χ1n) is 13.9. The van der Waals surface area contributed by atoms with Gasteiger partial charge in [0.1, 0.15) is 11.8 Å². The number of hydrogen-bond donors (Lipinski definition) is 1. The van der Waals surface area contributed by atoms with Crippen molar-refractivity contribution in [3.63, 3.8) is 0 Å². The Morgan fingerprint density at radius 1 is 1.13 bits per heavy atom. The average molecular weight is 595 g/mol. The van der Waals surface area contributed by atoms with Crippen LogP contribution in [0, 0.1) is 17.3 Å². The largest absolute Gasteiger partial charge is 1.00 e. The van der Waals surface area contributed by atoms with Crippen molar-refractivity contribution in [2.24, 2.45) is 17.3 Å². The van der Waals surface area contributed by atoms with Gasteiger partial charge in [0, 0.05) is 12.8 Å². The topological polar surface area (TPSA) is 72.4 Å². The zero-order valence-corrected chi connectivity index (χ0v) is 24.9. The number of ether oxygens (including phenoxy) is 1. The molecule has 11 heteroatoms. The standard InChI is InChI=1S/C28H41BF3NO4.2ClH/c1-5-6-7-8-22(33)23(34)14-11-20(15-18-9-12-21(13-10-18)35-28(30,31)32)29-36-25-17-19-16-24(26(19,2)3)27(25,4)37-29;;/h9-10,12-13,19-20,22,24-25H,5-8,11,14-17,33H2,1-4H3;2*1H/p-1/t19?,20-,22-,24?,25?,27+;;/m0../s1. The third-order valence-corrected chi connectivity index (χ3v) is 9.38. The van der Waals surface area contributed by atoms with Crippen molar-refractivity contribution in [2.45, 2.75) is 115 Å². The van der Waals surface area contributed by atoms with Crippen molar-refractivity contribution in [2.75, 3.05) is 0 Å². The van der Waals surface area contributed by atoms with E-state index in [1.54, 1.807) is 12.1 Å². The Hall–Kier alpha value is -0.995. The predicted octanol–water partition coefficient (Wildman–Crippen LogP) is -0.226. The van der Waals surface area contributed by atoms with E-state index in [4.69, 9.17) is 9.31 Å². The number of hydrogen-bond acceptors (Lipinski definition) is 4. The van der Waals surface area contributed by atoms with Gasteiger partial charge in [-0.25, -0.2) is 0 Å². The highest BCUT2D eigenvalue weighted by Gasteiger charge is 2.68. The maximum atomic E-state index is 12.9. The smallest absolute Gasteiger partial charge is 0.573 e. The molecule has 222 valence electrons. The van der Waals surface area contributed by atoms with Crippen LogP contribution in [0.2, 0.25) is 5.82 Å². The van der Waals surface area contributed by atoms with E-state index in [-0.39, 0.29) is 65.3 Å². The summed E-state index contributed by atoms with van der Waals surface area (Å²) in [5, 5.41) is 0. The van der Waals surface area contributed by atoms with Gasteiger partial charge in [-0.1, -0.05) is 45.7 Å². The van der Waals surface area contributed by atoms with Gasteiger partial charge in [-0.2, -0.15) is 0 Å². The zero-order valence-electron chi connectivity index (χ0n) is 23.4. The van der Waals surface area contributed by atoms with Gasteiger partial charge in [-0.3, -0.25) is 4.79 Å². The number of quaternary nitrogens is 1. The molecule has 1 aromatic rings. The van der Waals surface area contributed by atoms with Gasteiger partial charge >= 0.3 is 13.5 Å². The Bertz CT molecular complexity index is 952. The number of carbonyl (C=O) groups excluding carboxylic acids is 1. The minimum absolute atomic E-state index is 0. The number of halogens is 5. The molecule has 5 rings (SSSR count). The van der Waals surface area contributed by atoms with Crippen molar-refractivity contribution < 1.29 is 62.6 Å². The van der Waals surface area contributed by atoms with Crippen LogP contribution < -0.4 is 35.3 Å². The highest BCUT2D eigenvalue weighted by molar-refractivity contribution is 6.47. The third-order valence-electron chi connectivity index (χ3n) is 9.38. The van der Waals surface area contributed by atoms with E-state index >= 15 is 0 Å². The number of ketones is 1. The van der Waals surface area contributed by atoms with Gasteiger partial charge in [-0.15, -0.1) is 13.2 Å². The number of benzene rings is 1. The molecule has 6 atom stereocenters. The summed E-state index contributed by atoms with van der Waals surface area (Å²) in [6.07, 6.45) is 2.96. The molecule has 0 spiro atoms. The Morgan fingerprint density at radius 2 is 1.79 bits per heavy atom. The van der Waals surface area contributed by atoms with Crippen LogP contribution in [0.5, 0.6) is 5.75 Å². The average Bonchev–Trinajstić information content (AvgIpc) is 3.18. The van der Waals surface area contributed by atoms with Crippen molar-refractivity contribution in [1.82, 2.24) is 0 Å². The summed E-state index contributed by atoms with van der Waals surface area (Å²) in [5.74, 6) is 0.875. The lowest BCUT2D eigenvalue weighted by Crippen LogP contribution is -3.00. The minimum atomic E-state index is -4.72. The van der Waals surface area contributed by atoms with E-state index in [0.717, 1.165) is 44.1 Å². The SMILES string of the molecule is CCCCC[C@H]([NH3+])C(=O)CC[C@@H](Cc1ccc(OC(F)(F)F)cc1)B1OC2CC3CC(C3(C)C)[C@@]2(C)O1.[Cl-].[Cl-]. The monoisotopic (exact) mass is 594 g/mol. The molecule has 5 nitrogen and oxygen atoms in total. The van der Waals surface area contributed by atoms with Gasteiger partial charge in [0.25, 0.3) is 0 Å². The normalized spacial score (nSPS) is 28.3. The van der Waals surface area contributed by atoms with Gasteiger partial charge in [0.2, 0.25) is 0 Å². The maximum absolute atomic E-state index is 12.9. The second-order valence-electron chi connectivity index (χ2n) is 12.2. The van der Waals surface area contributed by atoms with Crippen LogP contribution >= 0.6 is 0 Å². The molecule has 3 saturated carbocycles. The molecule has 4 aliphatic rings. The fraction of sp³-hybridized carbons (Fsp3) is 0.750. The van der Waals surface area contributed by atoms with E-state index < -0.39 is 13.5 Å². The summed E-state index contributed by atoms with van der Waals surface area (Å²) in [6, 6.07) is 5.74. The molecule has 0 aromatic heterocycles. The minimum Gasteiger partial charge on any atom is -1.00 e. The lowest BCUT2D eigenvalue weighted by molar-refractivity contribution is -0.404. The van der Waals surface area contributed by atoms with E-state index in [2.05, 4.69) is 38.2 Å². The van der Waals surface area contributed by atoms with Crippen molar-refractivity contribution in [3.8, 4) is 5.75 Å². The van der Waals surface area contributed by atoms with Crippen LogP contribution in [0.15, 0.2) is 24.3 Å². The Balaban J connectivity index is 0.00000267. The molecule has 39 heavy (non-hydrogen) atoms. The number of carbonyl (C=O) groups is 1. The maximum Gasteiger partial charge on any atom is 0.573 e. The fourth-order valence-electron chi connectivity index (χ4n) is 6.90. The van der Waals surface area contributed by atoms with Crippen LogP contribution in [0.4, 0.5) is 13.2 Å². The van der Waals surface area contributed by atoms with Crippen LogP contribution in [0.1, 0.15) is 84.6 Å². The van der Waals surface area contributed by atoms with E-state index in [9.17, 15) is 18.0 Å².